The van der Waals surface area contributed by atoms with Crippen molar-refractivity contribution in [2.75, 3.05) is 5.01 Å². The number of furan rings is 1. The maximum Gasteiger partial charge on any atom is 0.293 e. The van der Waals surface area contributed by atoms with E-state index in [-0.39, 0.29) is 11.9 Å². The molecule has 8 nitrogen and oxygen atoms in total. The number of aromatic amines is 1. The van der Waals surface area contributed by atoms with Gasteiger partial charge in [0.1, 0.15) is 11.5 Å². The number of halogens is 1. The van der Waals surface area contributed by atoms with E-state index in [1.54, 1.807) is 19.1 Å². The molecular formula is C17H13ClN6O2. The molecule has 26 heavy (non-hydrogen) atoms. The largest absolute Gasteiger partial charge is 0.457 e. The standard InChI is InChI=1S/C17H13ClN6O2/c1-9-3-4-11(7-14(9)18)15-6-5-12(26-15)8-13-10(2)21-24(16(13)25)17-19-22-23-20-17/h3-8H,1-2H3,(H,19,20,22,23)/b13-8+. The summed E-state index contributed by atoms with van der Waals surface area (Å²) >= 11 is 6.17. The van der Waals surface area contributed by atoms with E-state index in [1.807, 2.05) is 31.2 Å². The summed E-state index contributed by atoms with van der Waals surface area (Å²) in [6.07, 6.45) is 1.64. The minimum atomic E-state index is -0.347. The zero-order valence-corrected chi connectivity index (χ0v) is 14.7. The molecule has 0 unspecified atom stereocenters. The second-order valence-electron chi connectivity index (χ2n) is 5.74. The molecule has 2 aromatic heterocycles. The molecule has 3 aromatic rings. The molecule has 0 aliphatic carbocycles. The summed E-state index contributed by atoms with van der Waals surface area (Å²) in [5.41, 5.74) is 2.80. The van der Waals surface area contributed by atoms with Crippen molar-refractivity contribution >= 4 is 35.2 Å². The highest BCUT2D eigenvalue weighted by Gasteiger charge is 2.31. The Kier molecular flexibility index (Phi) is 3.89. The van der Waals surface area contributed by atoms with Crippen LogP contribution in [0.15, 0.2) is 45.4 Å². The highest BCUT2D eigenvalue weighted by molar-refractivity contribution is 6.32. The molecule has 1 N–H and O–H groups in total. The van der Waals surface area contributed by atoms with Gasteiger partial charge in [0.05, 0.1) is 11.3 Å². The van der Waals surface area contributed by atoms with Gasteiger partial charge in [-0.1, -0.05) is 28.8 Å². The second-order valence-corrected chi connectivity index (χ2v) is 6.15. The fourth-order valence-corrected chi connectivity index (χ4v) is 2.72. The lowest BCUT2D eigenvalue weighted by atomic mass is 10.1. The molecule has 0 bridgehead atoms. The Morgan fingerprint density at radius 2 is 2.08 bits per heavy atom. The number of nitrogens with one attached hydrogen (secondary N) is 1. The quantitative estimate of drug-likeness (QED) is 0.715. The lowest BCUT2D eigenvalue weighted by Gasteiger charge is -2.04. The Bertz CT molecular complexity index is 1050. The average Bonchev–Trinajstić information content (AvgIpc) is 3.35. The summed E-state index contributed by atoms with van der Waals surface area (Å²) < 4.78 is 5.84. The van der Waals surface area contributed by atoms with Crippen LogP contribution in [0.3, 0.4) is 0 Å². The van der Waals surface area contributed by atoms with Gasteiger partial charge in [-0.15, -0.1) is 5.10 Å². The van der Waals surface area contributed by atoms with Gasteiger partial charge in [0.15, 0.2) is 0 Å². The summed E-state index contributed by atoms with van der Waals surface area (Å²) in [6.45, 7) is 3.67. The Labute approximate surface area is 153 Å². The third-order valence-electron chi connectivity index (χ3n) is 3.96. The molecule has 0 spiro atoms. The Balaban J connectivity index is 1.63. The molecule has 130 valence electrons. The van der Waals surface area contributed by atoms with Crippen molar-refractivity contribution in [2.24, 2.45) is 5.10 Å². The fraction of sp³-hybridized carbons (Fsp3) is 0.118. The number of nitrogens with zero attached hydrogens (tertiary/aromatic N) is 5. The first-order valence-corrected chi connectivity index (χ1v) is 8.12. The monoisotopic (exact) mass is 368 g/mol. The third kappa shape index (κ3) is 2.80. The number of hydrogen-bond donors (Lipinski definition) is 1. The van der Waals surface area contributed by atoms with Gasteiger partial charge in [-0.2, -0.15) is 15.3 Å². The predicted molar refractivity (Wildman–Crippen MR) is 96.6 cm³/mol. The molecule has 0 saturated carbocycles. The van der Waals surface area contributed by atoms with Crippen molar-refractivity contribution in [1.29, 1.82) is 0 Å². The highest BCUT2D eigenvalue weighted by atomic mass is 35.5. The summed E-state index contributed by atoms with van der Waals surface area (Å²) in [6, 6.07) is 9.32. The van der Waals surface area contributed by atoms with Crippen molar-refractivity contribution in [1.82, 2.24) is 20.6 Å². The summed E-state index contributed by atoms with van der Waals surface area (Å²) in [4.78, 5) is 12.5. The van der Waals surface area contributed by atoms with Crippen LogP contribution in [-0.4, -0.2) is 32.2 Å². The molecule has 3 heterocycles. The number of rotatable bonds is 3. The van der Waals surface area contributed by atoms with Gasteiger partial charge in [0.25, 0.3) is 11.9 Å². The maximum absolute atomic E-state index is 12.5. The van der Waals surface area contributed by atoms with E-state index in [9.17, 15) is 4.79 Å². The fourth-order valence-electron chi connectivity index (χ4n) is 2.54. The molecular weight excluding hydrogens is 356 g/mol. The number of H-pyrrole nitrogens is 1. The number of hydrazone groups is 1. The van der Waals surface area contributed by atoms with Crippen LogP contribution in [0.4, 0.5) is 5.95 Å². The maximum atomic E-state index is 12.5. The Hall–Kier alpha value is -3.26. The number of carbonyl (C=O) groups is 1. The van der Waals surface area contributed by atoms with E-state index < -0.39 is 0 Å². The van der Waals surface area contributed by atoms with Crippen molar-refractivity contribution < 1.29 is 9.21 Å². The van der Waals surface area contributed by atoms with Crippen molar-refractivity contribution in [2.45, 2.75) is 13.8 Å². The van der Waals surface area contributed by atoms with E-state index in [0.717, 1.165) is 16.1 Å². The van der Waals surface area contributed by atoms with Gasteiger partial charge in [-0.3, -0.25) is 4.79 Å². The molecule has 4 rings (SSSR count). The van der Waals surface area contributed by atoms with E-state index >= 15 is 0 Å². The van der Waals surface area contributed by atoms with Gasteiger partial charge in [0.2, 0.25) is 0 Å². The topological polar surface area (TPSA) is 100 Å². The van der Waals surface area contributed by atoms with Crippen LogP contribution in [0.2, 0.25) is 5.02 Å². The first kappa shape index (κ1) is 16.2. The molecule has 0 fully saturated rings. The van der Waals surface area contributed by atoms with Gasteiger partial charge in [0, 0.05) is 10.6 Å². The number of tetrazole rings is 1. The van der Waals surface area contributed by atoms with Gasteiger partial charge in [-0.05, 0) is 48.9 Å². The van der Waals surface area contributed by atoms with E-state index in [4.69, 9.17) is 16.0 Å². The number of anilines is 1. The normalized spacial score (nSPS) is 15.8. The van der Waals surface area contributed by atoms with Crippen LogP contribution in [0.1, 0.15) is 18.2 Å². The summed E-state index contributed by atoms with van der Waals surface area (Å²) in [5, 5.41) is 19.2. The highest BCUT2D eigenvalue weighted by Crippen LogP contribution is 2.28. The van der Waals surface area contributed by atoms with Gasteiger partial charge < -0.3 is 4.42 Å². The number of hydrogen-bond acceptors (Lipinski definition) is 6. The lowest BCUT2D eigenvalue weighted by Crippen LogP contribution is -2.22. The first-order chi connectivity index (χ1) is 12.5. The number of benzene rings is 1. The number of carbonyl (C=O) groups excluding carboxylic acids is 1. The summed E-state index contributed by atoms with van der Waals surface area (Å²) in [5.74, 6) is 0.936. The molecule has 0 radical (unpaired) electrons. The molecule has 1 amide bonds. The van der Waals surface area contributed by atoms with Crippen LogP contribution < -0.4 is 5.01 Å². The minimum Gasteiger partial charge on any atom is -0.457 e. The van der Waals surface area contributed by atoms with Crippen LogP contribution >= 0.6 is 11.6 Å². The second kappa shape index (κ2) is 6.23. The van der Waals surface area contributed by atoms with E-state index in [1.165, 1.54) is 0 Å². The molecule has 9 heteroatoms. The van der Waals surface area contributed by atoms with Gasteiger partial charge >= 0.3 is 0 Å². The number of aromatic nitrogens is 4. The van der Waals surface area contributed by atoms with E-state index in [0.29, 0.717) is 27.8 Å². The Morgan fingerprint density at radius 3 is 2.81 bits per heavy atom. The number of amides is 1. The SMILES string of the molecule is CC1=NN(c2nn[nH]n2)C(=O)/C1=C/c1ccc(-c2ccc(C)c(Cl)c2)o1. The van der Waals surface area contributed by atoms with Crippen LogP contribution in [-0.2, 0) is 4.79 Å². The molecule has 1 aliphatic heterocycles. The lowest BCUT2D eigenvalue weighted by molar-refractivity contribution is -0.114. The van der Waals surface area contributed by atoms with Gasteiger partial charge in [-0.25, -0.2) is 0 Å². The first-order valence-electron chi connectivity index (χ1n) is 7.74. The molecule has 0 saturated heterocycles. The third-order valence-corrected chi connectivity index (χ3v) is 4.36. The zero-order chi connectivity index (χ0) is 18.3. The molecule has 1 aromatic carbocycles. The zero-order valence-electron chi connectivity index (χ0n) is 13.9. The Morgan fingerprint density at radius 1 is 1.23 bits per heavy atom. The van der Waals surface area contributed by atoms with Crippen LogP contribution in [0.5, 0.6) is 0 Å². The van der Waals surface area contributed by atoms with Crippen molar-refractivity contribution in [3.8, 4) is 11.3 Å². The minimum absolute atomic E-state index is 0.0900. The predicted octanol–water partition coefficient (Wildman–Crippen LogP) is 3.23. The summed E-state index contributed by atoms with van der Waals surface area (Å²) in [7, 11) is 0. The van der Waals surface area contributed by atoms with Crippen LogP contribution in [0.25, 0.3) is 17.4 Å². The molecule has 0 atom stereocenters. The molecule has 1 aliphatic rings. The van der Waals surface area contributed by atoms with Crippen LogP contribution in [0, 0.1) is 6.92 Å². The van der Waals surface area contributed by atoms with Crippen molar-refractivity contribution in [3.05, 3.63) is 52.3 Å². The smallest absolute Gasteiger partial charge is 0.293 e. The van der Waals surface area contributed by atoms with Crippen molar-refractivity contribution in [3.63, 3.8) is 0 Å². The number of aryl methyl sites for hydroxylation is 1. The van der Waals surface area contributed by atoms with E-state index in [2.05, 4.69) is 25.7 Å². The average molecular weight is 369 g/mol.